The highest BCUT2D eigenvalue weighted by molar-refractivity contribution is 5.43. The third-order valence-electron chi connectivity index (χ3n) is 2.28. The fraction of sp³-hybridized carbons (Fsp3) is 0.556. The number of rotatable bonds is 4. The molecule has 0 bridgehead atoms. The van der Waals surface area contributed by atoms with Crippen LogP contribution in [-0.2, 0) is 0 Å². The first-order valence-corrected chi connectivity index (χ1v) is 4.99. The van der Waals surface area contributed by atoms with Gasteiger partial charge >= 0.3 is 0 Å². The zero-order chi connectivity index (χ0) is 11.6. The van der Waals surface area contributed by atoms with Gasteiger partial charge in [-0.05, 0) is 10.4 Å². The summed E-state index contributed by atoms with van der Waals surface area (Å²) in [6.45, 7) is 4.66. The number of aromatic nitrogens is 5. The molecule has 0 radical (unpaired) electrons. The van der Waals surface area contributed by atoms with Gasteiger partial charge in [0, 0.05) is 18.6 Å². The third kappa shape index (κ3) is 2.08. The Morgan fingerprint density at radius 3 is 3.00 bits per heavy atom. The van der Waals surface area contributed by atoms with Crippen LogP contribution < -0.4 is 5.32 Å². The first-order valence-electron chi connectivity index (χ1n) is 4.99. The SMILES string of the molecule is CC(C)(CO)CNc1cncc2nnnn12. The second kappa shape index (κ2) is 4.01. The van der Waals surface area contributed by atoms with Crippen LogP contribution in [0.5, 0.6) is 0 Å². The van der Waals surface area contributed by atoms with E-state index in [1.54, 1.807) is 16.9 Å². The van der Waals surface area contributed by atoms with Crippen molar-refractivity contribution >= 4 is 11.5 Å². The molecule has 16 heavy (non-hydrogen) atoms. The van der Waals surface area contributed by atoms with Crippen molar-refractivity contribution in [1.29, 1.82) is 0 Å². The van der Waals surface area contributed by atoms with Crippen molar-refractivity contribution in [3.8, 4) is 0 Å². The standard InChI is InChI=1S/C9H14N6O/c1-9(2,6-16)5-11-7-3-10-4-8-12-13-14-15(7)8/h3-4,11,16H,5-6H2,1-2H3. The maximum absolute atomic E-state index is 9.14. The summed E-state index contributed by atoms with van der Waals surface area (Å²) in [7, 11) is 0. The highest BCUT2D eigenvalue weighted by Crippen LogP contribution is 2.15. The number of aliphatic hydroxyl groups is 1. The Bertz CT molecular complexity index is 480. The van der Waals surface area contributed by atoms with Crippen molar-refractivity contribution in [1.82, 2.24) is 25.0 Å². The molecule has 7 nitrogen and oxygen atoms in total. The molecule has 86 valence electrons. The lowest BCUT2D eigenvalue weighted by Gasteiger charge is -2.22. The number of nitrogens with zero attached hydrogens (tertiary/aromatic N) is 5. The molecule has 0 unspecified atom stereocenters. The van der Waals surface area contributed by atoms with Gasteiger partial charge in [-0.25, -0.2) is 0 Å². The Balaban J connectivity index is 2.18. The Kier molecular flexibility index (Phi) is 2.69. The molecular formula is C9H14N6O. The minimum absolute atomic E-state index is 0.110. The molecule has 2 heterocycles. The Labute approximate surface area is 92.5 Å². The van der Waals surface area contributed by atoms with Crippen molar-refractivity contribution in [3.05, 3.63) is 12.4 Å². The number of hydrogen-bond donors (Lipinski definition) is 2. The molecule has 2 aromatic rings. The lowest BCUT2D eigenvalue weighted by Crippen LogP contribution is -2.27. The van der Waals surface area contributed by atoms with E-state index in [-0.39, 0.29) is 12.0 Å². The predicted octanol–water partition coefficient (Wildman–Crippen LogP) is -0.0503. The summed E-state index contributed by atoms with van der Waals surface area (Å²) < 4.78 is 1.57. The molecule has 2 rings (SSSR count). The fourth-order valence-electron chi connectivity index (χ4n) is 1.18. The van der Waals surface area contributed by atoms with E-state index in [1.807, 2.05) is 13.8 Å². The summed E-state index contributed by atoms with van der Waals surface area (Å²) in [6.07, 6.45) is 3.24. The van der Waals surface area contributed by atoms with E-state index < -0.39 is 0 Å². The van der Waals surface area contributed by atoms with Crippen LogP contribution in [0.4, 0.5) is 5.82 Å². The van der Waals surface area contributed by atoms with Crippen LogP contribution in [-0.4, -0.2) is 43.3 Å². The number of tetrazole rings is 1. The first kappa shape index (κ1) is 10.7. The highest BCUT2D eigenvalue weighted by atomic mass is 16.3. The van der Waals surface area contributed by atoms with Crippen molar-refractivity contribution in [2.45, 2.75) is 13.8 Å². The average Bonchev–Trinajstić information content (AvgIpc) is 2.75. The normalized spacial score (nSPS) is 11.9. The van der Waals surface area contributed by atoms with Crippen molar-refractivity contribution in [2.75, 3.05) is 18.5 Å². The maximum Gasteiger partial charge on any atom is 0.199 e. The van der Waals surface area contributed by atoms with Gasteiger partial charge in [0.05, 0.1) is 12.4 Å². The van der Waals surface area contributed by atoms with Crippen LogP contribution in [0.1, 0.15) is 13.8 Å². The largest absolute Gasteiger partial charge is 0.396 e. The molecule has 0 fully saturated rings. The van der Waals surface area contributed by atoms with Gasteiger partial charge in [0.15, 0.2) is 5.65 Å². The zero-order valence-corrected chi connectivity index (χ0v) is 9.25. The fourth-order valence-corrected chi connectivity index (χ4v) is 1.18. The lowest BCUT2D eigenvalue weighted by molar-refractivity contribution is 0.170. The Hall–Kier alpha value is -1.76. The van der Waals surface area contributed by atoms with Gasteiger partial charge in [0.25, 0.3) is 0 Å². The summed E-state index contributed by atoms with van der Waals surface area (Å²) in [6, 6.07) is 0. The molecule has 0 saturated heterocycles. The predicted molar refractivity (Wildman–Crippen MR) is 57.9 cm³/mol. The molecular weight excluding hydrogens is 208 g/mol. The summed E-state index contributed by atoms with van der Waals surface area (Å²) in [5, 5.41) is 23.5. The molecule has 7 heteroatoms. The van der Waals surface area contributed by atoms with Gasteiger partial charge in [-0.3, -0.25) is 4.98 Å². The van der Waals surface area contributed by atoms with E-state index >= 15 is 0 Å². The minimum Gasteiger partial charge on any atom is -0.396 e. The topological polar surface area (TPSA) is 88.2 Å². The minimum atomic E-state index is -0.198. The van der Waals surface area contributed by atoms with Gasteiger partial charge in [-0.1, -0.05) is 13.8 Å². The van der Waals surface area contributed by atoms with E-state index in [0.717, 1.165) is 0 Å². The van der Waals surface area contributed by atoms with E-state index in [0.29, 0.717) is 18.0 Å². The van der Waals surface area contributed by atoms with Gasteiger partial charge in [0.2, 0.25) is 0 Å². The molecule has 0 aromatic carbocycles. The van der Waals surface area contributed by atoms with Crippen LogP contribution in [0.25, 0.3) is 5.65 Å². The molecule has 0 spiro atoms. The summed E-state index contributed by atoms with van der Waals surface area (Å²) in [5.41, 5.74) is 0.391. The van der Waals surface area contributed by atoms with Gasteiger partial charge in [-0.15, -0.1) is 5.10 Å². The third-order valence-corrected chi connectivity index (χ3v) is 2.28. The van der Waals surface area contributed by atoms with Crippen LogP contribution in [0, 0.1) is 5.41 Å². The van der Waals surface area contributed by atoms with Crippen molar-refractivity contribution < 1.29 is 5.11 Å². The smallest absolute Gasteiger partial charge is 0.199 e. The lowest BCUT2D eigenvalue weighted by atomic mass is 9.95. The van der Waals surface area contributed by atoms with Crippen LogP contribution in [0.3, 0.4) is 0 Å². The molecule has 2 N–H and O–H groups in total. The van der Waals surface area contributed by atoms with E-state index in [4.69, 9.17) is 5.11 Å². The maximum atomic E-state index is 9.14. The zero-order valence-electron chi connectivity index (χ0n) is 9.25. The molecule has 0 aliphatic carbocycles. The van der Waals surface area contributed by atoms with E-state index in [2.05, 4.69) is 25.8 Å². The van der Waals surface area contributed by atoms with Gasteiger partial charge in [0.1, 0.15) is 5.82 Å². The number of fused-ring (bicyclic) bond motifs is 1. The molecule has 0 saturated carbocycles. The second-order valence-corrected chi connectivity index (χ2v) is 4.42. The quantitative estimate of drug-likeness (QED) is 0.754. The highest BCUT2D eigenvalue weighted by Gasteiger charge is 2.16. The number of hydrogen-bond acceptors (Lipinski definition) is 6. The van der Waals surface area contributed by atoms with Crippen molar-refractivity contribution in [3.63, 3.8) is 0 Å². The summed E-state index contributed by atoms with van der Waals surface area (Å²) in [4.78, 5) is 4.02. The molecule has 2 aromatic heterocycles. The van der Waals surface area contributed by atoms with Crippen LogP contribution >= 0.6 is 0 Å². The average molecular weight is 222 g/mol. The van der Waals surface area contributed by atoms with Crippen LogP contribution in [0.2, 0.25) is 0 Å². The number of aliphatic hydroxyl groups excluding tert-OH is 1. The molecule has 0 aliphatic rings. The van der Waals surface area contributed by atoms with Crippen LogP contribution in [0.15, 0.2) is 12.4 Å². The van der Waals surface area contributed by atoms with Crippen molar-refractivity contribution in [2.24, 2.45) is 5.41 Å². The number of anilines is 1. The Morgan fingerprint density at radius 1 is 1.44 bits per heavy atom. The van der Waals surface area contributed by atoms with Gasteiger partial charge < -0.3 is 10.4 Å². The van der Waals surface area contributed by atoms with E-state index in [1.165, 1.54) is 0 Å². The molecule has 0 atom stereocenters. The summed E-state index contributed by atoms with van der Waals surface area (Å²) >= 11 is 0. The summed E-state index contributed by atoms with van der Waals surface area (Å²) in [5.74, 6) is 0.712. The van der Waals surface area contributed by atoms with E-state index in [9.17, 15) is 0 Å². The second-order valence-electron chi connectivity index (χ2n) is 4.42. The first-order chi connectivity index (χ1) is 7.62. The van der Waals surface area contributed by atoms with Gasteiger partial charge in [-0.2, -0.15) is 4.52 Å². The Morgan fingerprint density at radius 2 is 2.25 bits per heavy atom. The number of nitrogens with one attached hydrogen (secondary N) is 1. The molecule has 0 amide bonds. The molecule has 0 aliphatic heterocycles. The monoisotopic (exact) mass is 222 g/mol.